The van der Waals surface area contributed by atoms with Gasteiger partial charge in [0.25, 0.3) is 0 Å². The van der Waals surface area contributed by atoms with E-state index in [2.05, 4.69) is 10.2 Å². The Hall–Kier alpha value is -1.14. The van der Waals surface area contributed by atoms with Gasteiger partial charge in [-0.15, -0.1) is 21.8 Å². The van der Waals surface area contributed by atoms with Crippen LogP contribution in [0, 0.1) is 0 Å². The Morgan fingerprint density at radius 1 is 1.06 bits per heavy atom. The van der Waals surface area contributed by atoms with Crippen LogP contribution < -0.4 is 0 Å². The molecule has 7 heteroatoms. The fourth-order valence-electron chi connectivity index (χ4n) is 1.40. The molecular formula is C11H8ClF3N2S. The van der Waals surface area contributed by atoms with Crippen molar-refractivity contribution < 1.29 is 13.2 Å². The minimum absolute atomic E-state index is 0.296. The zero-order valence-corrected chi connectivity index (χ0v) is 10.6. The van der Waals surface area contributed by atoms with Crippen LogP contribution in [-0.2, 0) is 18.5 Å². The van der Waals surface area contributed by atoms with Gasteiger partial charge in [-0.1, -0.05) is 23.5 Å². The first-order valence-corrected chi connectivity index (χ1v) is 6.37. The minimum Gasteiger partial charge on any atom is -0.166 e. The fourth-order valence-corrected chi connectivity index (χ4v) is 2.35. The Bertz CT molecular complexity index is 522. The van der Waals surface area contributed by atoms with Crippen LogP contribution in [0.2, 0.25) is 0 Å². The lowest BCUT2D eigenvalue weighted by atomic mass is 10.1. The third-order valence-corrected chi connectivity index (χ3v) is 3.59. The van der Waals surface area contributed by atoms with Gasteiger partial charge in [0.15, 0.2) is 0 Å². The second-order valence-electron chi connectivity index (χ2n) is 3.59. The van der Waals surface area contributed by atoms with Crippen LogP contribution in [0.15, 0.2) is 24.3 Å². The molecule has 18 heavy (non-hydrogen) atoms. The third-order valence-electron chi connectivity index (χ3n) is 2.26. The van der Waals surface area contributed by atoms with Crippen LogP contribution >= 0.6 is 22.9 Å². The molecule has 0 atom stereocenters. The number of benzene rings is 1. The average molecular weight is 293 g/mol. The molecule has 0 radical (unpaired) electrons. The van der Waals surface area contributed by atoms with E-state index in [1.165, 1.54) is 23.5 Å². The van der Waals surface area contributed by atoms with Crippen LogP contribution in [0.1, 0.15) is 21.1 Å². The zero-order chi connectivity index (χ0) is 13.2. The molecule has 0 amide bonds. The van der Waals surface area contributed by atoms with Crippen molar-refractivity contribution in [3.63, 3.8) is 0 Å². The van der Waals surface area contributed by atoms with Crippen molar-refractivity contribution in [1.82, 2.24) is 10.2 Å². The van der Waals surface area contributed by atoms with E-state index in [0.29, 0.717) is 17.3 Å². The molecule has 2 nitrogen and oxygen atoms in total. The van der Waals surface area contributed by atoms with Gasteiger partial charge in [0.05, 0.1) is 11.4 Å². The molecule has 96 valence electrons. The number of hydrogen-bond donors (Lipinski definition) is 0. The Morgan fingerprint density at radius 2 is 1.67 bits per heavy atom. The first-order chi connectivity index (χ1) is 8.49. The maximum absolute atomic E-state index is 12.4. The molecule has 0 aliphatic rings. The number of hydrogen-bond acceptors (Lipinski definition) is 3. The molecular weight excluding hydrogens is 285 g/mol. The first-order valence-electron chi connectivity index (χ1n) is 5.02. The molecule has 2 rings (SSSR count). The maximum Gasteiger partial charge on any atom is 0.416 e. The summed E-state index contributed by atoms with van der Waals surface area (Å²) < 4.78 is 37.1. The third kappa shape index (κ3) is 3.20. The van der Waals surface area contributed by atoms with Gasteiger partial charge >= 0.3 is 6.18 Å². The molecule has 0 aliphatic carbocycles. The molecule has 0 bridgehead atoms. The summed E-state index contributed by atoms with van der Waals surface area (Å²) in [7, 11) is 0. The maximum atomic E-state index is 12.4. The normalized spacial score (nSPS) is 11.8. The highest BCUT2D eigenvalue weighted by Gasteiger charge is 2.29. The second kappa shape index (κ2) is 5.24. The van der Waals surface area contributed by atoms with Gasteiger partial charge in [-0.05, 0) is 17.7 Å². The van der Waals surface area contributed by atoms with Crippen LogP contribution in [0.25, 0.3) is 0 Å². The quantitative estimate of drug-likeness (QED) is 0.802. The van der Waals surface area contributed by atoms with E-state index < -0.39 is 11.7 Å². The topological polar surface area (TPSA) is 25.8 Å². The van der Waals surface area contributed by atoms with Gasteiger partial charge in [0.2, 0.25) is 0 Å². The van der Waals surface area contributed by atoms with Crippen molar-refractivity contribution in [2.75, 3.05) is 0 Å². The molecule has 1 aromatic carbocycles. The van der Waals surface area contributed by atoms with E-state index in [1.54, 1.807) is 0 Å². The Morgan fingerprint density at radius 3 is 2.17 bits per heavy atom. The molecule has 0 fully saturated rings. The van der Waals surface area contributed by atoms with Crippen molar-refractivity contribution in [2.24, 2.45) is 0 Å². The van der Waals surface area contributed by atoms with Gasteiger partial charge in [-0.2, -0.15) is 13.2 Å². The predicted octanol–water partition coefficient (Wildman–Crippen LogP) is 3.89. The van der Waals surface area contributed by atoms with E-state index in [9.17, 15) is 13.2 Å². The summed E-state index contributed by atoms with van der Waals surface area (Å²) in [5, 5.41) is 9.21. The molecule has 1 heterocycles. The number of rotatable bonds is 3. The number of alkyl halides is 4. The van der Waals surface area contributed by atoms with Crippen molar-refractivity contribution in [2.45, 2.75) is 18.5 Å². The van der Waals surface area contributed by atoms with Gasteiger partial charge < -0.3 is 0 Å². The Kier molecular flexibility index (Phi) is 3.87. The molecule has 0 unspecified atom stereocenters. The highest BCUT2D eigenvalue weighted by Crippen LogP contribution is 2.29. The highest BCUT2D eigenvalue weighted by atomic mass is 35.5. The van der Waals surface area contributed by atoms with Gasteiger partial charge in [-0.3, -0.25) is 0 Å². The minimum atomic E-state index is -4.30. The molecule has 0 saturated heterocycles. The molecule has 0 N–H and O–H groups in total. The lowest BCUT2D eigenvalue weighted by Crippen LogP contribution is -2.04. The fraction of sp³-hybridized carbons (Fsp3) is 0.273. The van der Waals surface area contributed by atoms with Crippen LogP contribution in [0.3, 0.4) is 0 Å². The van der Waals surface area contributed by atoms with Gasteiger partial charge in [0, 0.05) is 6.42 Å². The van der Waals surface area contributed by atoms with Crippen molar-refractivity contribution in [3.8, 4) is 0 Å². The van der Waals surface area contributed by atoms with Crippen molar-refractivity contribution >= 4 is 22.9 Å². The number of nitrogens with zero attached hydrogens (tertiary/aromatic N) is 2. The molecule has 0 aliphatic heterocycles. The summed E-state index contributed by atoms with van der Waals surface area (Å²) in [6.07, 6.45) is -3.83. The van der Waals surface area contributed by atoms with E-state index in [1.807, 2.05) is 0 Å². The predicted molar refractivity (Wildman–Crippen MR) is 63.7 cm³/mol. The summed E-state index contributed by atoms with van der Waals surface area (Å²) >= 11 is 6.96. The van der Waals surface area contributed by atoms with Crippen molar-refractivity contribution in [3.05, 3.63) is 45.4 Å². The number of aromatic nitrogens is 2. The molecule has 0 saturated carbocycles. The van der Waals surface area contributed by atoms with Crippen LogP contribution in [-0.4, -0.2) is 10.2 Å². The standard InChI is InChI=1S/C11H8ClF3N2S/c12-6-10-17-16-9(18-10)5-7-1-3-8(4-2-7)11(13,14)15/h1-4H,5-6H2. The van der Waals surface area contributed by atoms with E-state index in [4.69, 9.17) is 11.6 Å². The first kappa shape index (κ1) is 13.3. The van der Waals surface area contributed by atoms with Crippen molar-refractivity contribution in [1.29, 1.82) is 0 Å². The van der Waals surface area contributed by atoms with Gasteiger partial charge in [0.1, 0.15) is 10.0 Å². The smallest absolute Gasteiger partial charge is 0.166 e. The lowest BCUT2D eigenvalue weighted by Gasteiger charge is -2.06. The SMILES string of the molecule is FC(F)(F)c1ccc(Cc2nnc(CCl)s2)cc1. The Labute approximate surface area is 110 Å². The summed E-state index contributed by atoms with van der Waals surface area (Å²) in [6, 6.07) is 5.03. The summed E-state index contributed by atoms with van der Waals surface area (Å²) in [5.41, 5.74) is 0.116. The van der Waals surface area contributed by atoms with Gasteiger partial charge in [-0.25, -0.2) is 0 Å². The van der Waals surface area contributed by atoms with E-state index in [-0.39, 0.29) is 0 Å². The number of halogens is 4. The van der Waals surface area contributed by atoms with E-state index in [0.717, 1.165) is 22.7 Å². The molecule has 1 aromatic heterocycles. The Balaban J connectivity index is 2.11. The summed E-state index contributed by atoms with van der Waals surface area (Å²) in [5.74, 6) is 0.296. The lowest BCUT2D eigenvalue weighted by molar-refractivity contribution is -0.137. The highest BCUT2D eigenvalue weighted by molar-refractivity contribution is 7.11. The van der Waals surface area contributed by atoms with Crippen LogP contribution in [0.4, 0.5) is 13.2 Å². The average Bonchev–Trinajstić information content (AvgIpc) is 2.76. The monoisotopic (exact) mass is 292 g/mol. The zero-order valence-electron chi connectivity index (χ0n) is 9.04. The second-order valence-corrected chi connectivity index (χ2v) is 5.01. The van der Waals surface area contributed by atoms with E-state index >= 15 is 0 Å². The van der Waals surface area contributed by atoms with Crippen LogP contribution in [0.5, 0.6) is 0 Å². The molecule has 0 spiro atoms. The summed E-state index contributed by atoms with van der Waals surface area (Å²) in [4.78, 5) is 0. The summed E-state index contributed by atoms with van der Waals surface area (Å²) in [6.45, 7) is 0. The largest absolute Gasteiger partial charge is 0.416 e. The molecule has 2 aromatic rings.